The van der Waals surface area contributed by atoms with Gasteiger partial charge in [-0.3, -0.25) is 14.4 Å². The molecule has 1 aliphatic rings. The zero-order valence-electron chi connectivity index (χ0n) is 19.3. The van der Waals surface area contributed by atoms with Crippen LogP contribution in [0.25, 0.3) is 0 Å². The van der Waals surface area contributed by atoms with Crippen LogP contribution in [0.4, 0.5) is 10.1 Å². The first kappa shape index (κ1) is 24.6. The summed E-state index contributed by atoms with van der Waals surface area (Å²) < 4.78 is 19.8. The minimum absolute atomic E-state index is 0.0797. The molecule has 1 unspecified atom stereocenters. The Morgan fingerprint density at radius 2 is 1.88 bits per heavy atom. The third-order valence-electron chi connectivity index (χ3n) is 5.57. The smallest absolute Gasteiger partial charge is 0.251 e. The Kier molecular flexibility index (Phi) is 7.65. The Labute approximate surface area is 194 Å². The first-order valence-corrected chi connectivity index (χ1v) is 14.3. The second-order valence-electron chi connectivity index (χ2n) is 9.26. The van der Waals surface area contributed by atoms with E-state index in [4.69, 9.17) is 4.74 Å². The van der Waals surface area contributed by atoms with Crippen molar-refractivity contribution in [2.75, 3.05) is 19.0 Å². The summed E-state index contributed by atoms with van der Waals surface area (Å²) in [5.41, 5.74) is 1.80. The van der Waals surface area contributed by atoms with Crippen molar-refractivity contribution in [2.45, 2.75) is 38.7 Å². The third kappa shape index (κ3) is 6.26. The van der Waals surface area contributed by atoms with Gasteiger partial charge in [0.25, 0.3) is 5.91 Å². The van der Waals surface area contributed by atoms with Gasteiger partial charge in [0.15, 0.2) is 0 Å². The van der Waals surface area contributed by atoms with Crippen LogP contribution in [-0.2, 0) is 25.7 Å². The number of carbonyl (C=O) groups is 3. The van der Waals surface area contributed by atoms with Crippen LogP contribution in [0.2, 0.25) is 19.6 Å². The highest BCUT2D eigenvalue weighted by molar-refractivity contribution is 6.88. The van der Waals surface area contributed by atoms with E-state index in [1.54, 1.807) is 31.4 Å². The van der Waals surface area contributed by atoms with E-state index < -0.39 is 31.8 Å². The van der Waals surface area contributed by atoms with Crippen molar-refractivity contribution in [3.8, 4) is 0 Å². The van der Waals surface area contributed by atoms with Crippen molar-refractivity contribution < 1.29 is 23.5 Å². The van der Waals surface area contributed by atoms with Gasteiger partial charge >= 0.3 is 0 Å². The fourth-order valence-corrected chi connectivity index (χ4v) is 5.11. The van der Waals surface area contributed by atoms with Crippen LogP contribution in [0.15, 0.2) is 42.5 Å². The Bertz CT molecular complexity index is 1040. The SMILES string of the molecule is COCc1ccc(C(NC(=O)[C@@H]2CNC(=O)C2)C(=O)Nc2ccc([Si](C)(C)C)c(F)c2)cc1. The highest BCUT2D eigenvalue weighted by Gasteiger charge is 2.32. The molecular weight excluding hydrogens is 441 g/mol. The predicted molar refractivity (Wildman–Crippen MR) is 127 cm³/mol. The number of amides is 3. The number of benzene rings is 2. The highest BCUT2D eigenvalue weighted by Crippen LogP contribution is 2.20. The molecule has 2 atom stereocenters. The fraction of sp³-hybridized carbons (Fsp3) is 0.375. The predicted octanol–water partition coefficient (Wildman–Crippen LogP) is 2.45. The average Bonchev–Trinajstić information content (AvgIpc) is 3.18. The summed E-state index contributed by atoms with van der Waals surface area (Å²) in [5, 5.41) is 8.78. The summed E-state index contributed by atoms with van der Waals surface area (Å²) in [6.45, 7) is 6.79. The van der Waals surface area contributed by atoms with E-state index in [0.717, 1.165) is 5.56 Å². The summed E-state index contributed by atoms with van der Waals surface area (Å²) in [6.07, 6.45) is 0.0797. The van der Waals surface area contributed by atoms with E-state index in [0.29, 0.717) is 23.0 Å². The highest BCUT2D eigenvalue weighted by atomic mass is 28.3. The molecule has 9 heteroatoms. The molecule has 0 spiro atoms. The van der Waals surface area contributed by atoms with E-state index in [2.05, 4.69) is 16.0 Å². The molecule has 176 valence electrons. The Hall–Kier alpha value is -3.04. The summed E-state index contributed by atoms with van der Waals surface area (Å²) in [4.78, 5) is 37.4. The molecule has 0 radical (unpaired) electrons. The first-order valence-electron chi connectivity index (χ1n) is 10.8. The summed E-state index contributed by atoms with van der Waals surface area (Å²) in [7, 11) is -0.267. The molecule has 3 amide bonds. The third-order valence-corrected chi connectivity index (χ3v) is 7.59. The number of hydrogen-bond donors (Lipinski definition) is 3. The van der Waals surface area contributed by atoms with E-state index in [1.165, 1.54) is 6.07 Å². The van der Waals surface area contributed by atoms with Crippen LogP contribution in [-0.4, -0.2) is 39.4 Å². The summed E-state index contributed by atoms with van der Waals surface area (Å²) >= 11 is 0. The number of rotatable bonds is 8. The number of anilines is 1. The van der Waals surface area contributed by atoms with E-state index >= 15 is 0 Å². The monoisotopic (exact) mass is 471 g/mol. The molecule has 1 saturated heterocycles. The van der Waals surface area contributed by atoms with Gasteiger partial charge in [0, 0.05) is 25.8 Å². The van der Waals surface area contributed by atoms with Gasteiger partial charge in [0.2, 0.25) is 11.8 Å². The minimum atomic E-state index is -1.86. The Morgan fingerprint density at radius 1 is 1.18 bits per heavy atom. The lowest BCUT2D eigenvalue weighted by Crippen LogP contribution is -2.41. The molecule has 0 aromatic heterocycles. The van der Waals surface area contributed by atoms with Crippen LogP contribution in [0, 0.1) is 11.7 Å². The minimum Gasteiger partial charge on any atom is -0.380 e. The first-order chi connectivity index (χ1) is 15.6. The summed E-state index contributed by atoms with van der Waals surface area (Å²) in [5.74, 6) is -1.99. The maximum absolute atomic E-state index is 14.7. The molecule has 2 aromatic rings. The Morgan fingerprint density at radius 3 is 2.42 bits per heavy atom. The van der Waals surface area contributed by atoms with Gasteiger partial charge in [-0.05, 0) is 28.4 Å². The van der Waals surface area contributed by atoms with Crippen molar-refractivity contribution >= 4 is 36.7 Å². The molecule has 0 aliphatic carbocycles. The quantitative estimate of drug-likeness (QED) is 0.516. The van der Waals surface area contributed by atoms with Crippen molar-refractivity contribution in [1.82, 2.24) is 10.6 Å². The molecule has 2 aromatic carbocycles. The molecule has 1 fully saturated rings. The normalized spacial score (nSPS) is 16.8. The number of hydrogen-bond acceptors (Lipinski definition) is 4. The second kappa shape index (κ2) is 10.3. The maximum atomic E-state index is 14.7. The Balaban J connectivity index is 1.83. The molecular formula is C24H30FN3O4Si. The standard InChI is InChI=1S/C24H30FN3O4Si/c1-32-14-15-5-7-16(8-6-15)22(28-23(30)17-11-21(29)26-13-17)24(31)27-18-9-10-20(19(25)12-18)33(2,3)4/h5-10,12,17,22H,11,13-14H2,1-4H3,(H,26,29)(H,27,31)(H,28,30)/t17-,22?/m0/s1. The largest absolute Gasteiger partial charge is 0.380 e. The molecule has 3 rings (SSSR count). The number of halogens is 1. The zero-order valence-corrected chi connectivity index (χ0v) is 20.3. The molecule has 0 bridgehead atoms. The van der Waals surface area contributed by atoms with E-state index in [-0.39, 0.29) is 24.7 Å². The van der Waals surface area contributed by atoms with Gasteiger partial charge in [-0.1, -0.05) is 50.0 Å². The van der Waals surface area contributed by atoms with Crippen LogP contribution in [0.5, 0.6) is 0 Å². The average molecular weight is 472 g/mol. The lowest BCUT2D eigenvalue weighted by atomic mass is 10.0. The van der Waals surface area contributed by atoms with Crippen molar-refractivity contribution in [2.24, 2.45) is 5.92 Å². The summed E-state index contributed by atoms with van der Waals surface area (Å²) in [6, 6.07) is 10.8. The fourth-order valence-electron chi connectivity index (χ4n) is 3.74. The number of ether oxygens (including phenoxy) is 1. The van der Waals surface area contributed by atoms with Gasteiger partial charge in [0.05, 0.1) is 20.6 Å². The van der Waals surface area contributed by atoms with E-state index in [9.17, 15) is 18.8 Å². The van der Waals surface area contributed by atoms with Crippen molar-refractivity contribution in [3.05, 3.63) is 59.4 Å². The van der Waals surface area contributed by atoms with Crippen LogP contribution in [0.3, 0.4) is 0 Å². The number of methoxy groups -OCH3 is 1. The number of carbonyl (C=O) groups excluding carboxylic acids is 3. The molecule has 1 heterocycles. The van der Waals surface area contributed by atoms with Crippen LogP contribution in [0.1, 0.15) is 23.6 Å². The lowest BCUT2D eigenvalue weighted by Gasteiger charge is -2.22. The second-order valence-corrected chi connectivity index (χ2v) is 14.3. The topological polar surface area (TPSA) is 96.5 Å². The molecule has 0 saturated carbocycles. The molecule has 33 heavy (non-hydrogen) atoms. The van der Waals surface area contributed by atoms with E-state index in [1.807, 2.05) is 31.8 Å². The van der Waals surface area contributed by atoms with Crippen molar-refractivity contribution in [1.29, 1.82) is 0 Å². The van der Waals surface area contributed by atoms with Crippen LogP contribution >= 0.6 is 0 Å². The van der Waals surface area contributed by atoms with Gasteiger partial charge < -0.3 is 20.7 Å². The molecule has 3 N–H and O–H groups in total. The van der Waals surface area contributed by atoms with Gasteiger partial charge in [0.1, 0.15) is 11.9 Å². The molecule has 1 aliphatic heterocycles. The van der Waals surface area contributed by atoms with Crippen LogP contribution < -0.4 is 21.1 Å². The zero-order chi connectivity index (χ0) is 24.2. The van der Waals surface area contributed by atoms with Crippen molar-refractivity contribution in [3.63, 3.8) is 0 Å². The van der Waals surface area contributed by atoms with Gasteiger partial charge in [-0.15, -0.1) is 0 Å². The molecule has 7 nitrogen and oxygen atoms in total. The maximum Gasteiger partial charge on any atom is 0.251 e. The lowest BCUT2D eigenvalue weighted by molar-refractivity contribution is -0.129. The van der Waals surface area contributed by atoms with Gasteiger partial charge in [-0.2, -0.15) is 0 Å². The number of nitrogens with one attached hydrogen (secondary N) is 3. The van der Waals surface area contributed by atoms with Gasteiger partial charge in [-0.25, -0.2) is 4.39 Å².